The summed E-state index contributed by atoms with van der Waals surface area (Å²) in [6.45, 7) is 7.92. The Bertz CT molecular complexity index is 1360. The SMILES string of the molecule is CC(C)(C)OC(=O)N1CCC(C(=O)N2CCC(n3nc4c(C(N)=O)cccc4c3-c3ccccc3)CC2)CC1. The molecule has 1 aromatic heterocycles. The van der Waals surface area contributed by atoms with Gasteiger partial charge in [-0.25, -0.2) is 4.79 Å². The number of piperidine rings is 2. The molecule has 0 atom stereocenters. The predicted molar refractivity (Wildman–Crippen MR) is 149 cm³/mol. The molecule has 0 bridgehead atoms. The zero-order chi connectivity index (χ0) is 27.7. The zero-order valence-corrected chi connectivity index (χ0v) is 22.9. The zero-order valence-electron chi connectivity index (χ0n) is 22.9. The van der Waals surface area contributed by atoms with Crippen LogP contribution in [0.1, 0.15) is 62.9 Å². The average molecular weight is 532 g/mol. The summed E-state index contributed by atoms with van der Waals surface area (Å²) in [7, 11) is 0. The molecule has 9 nitrogen and oxygen atoms in total. The van der Waals surface area contributed by atoms with E-state index >= 15 is 0 Å². The molecule has 39 heavy (non-hydrogen) atoms. The first-order chi connectivity index (χ1) is 18.6. The molecule has 2 aliphatic rings. The van der Waals surface area contributed by atoms with Crippen LogP contribution in [0.3, 0.4) is 0 Å². The van der Waals surface area contributed by atoms with Gasteiger partial charge in [0.1, 0.15) is 11.1 Å². The van der Waals surface area contributed by atoms with Crippen LogP contribution >= 0.6 is 0 Å². The Morgan fingerprint density at radius 2 is 1.51 bits per heavy atom. The highest BCUT2D eigenvalue weighted by atomic mass is 16.6. The summed E-state index contributed by atoms with van der Waals surface area (Å²) in [4.78, 5) is 41.6. The van der Waals surface area contributed by atoms with E-state index in [4.69, 9.17) is 15.6 Å². The molecule has 2 saturated heterocycles. The maximum absolute atomic E-state index is 13.4. The highest BCUT2D eigenvalue weighted by Gasteiger charge is 2.34. The molecule has 0 spiro atoms. The lowest BCUT2D eigenvalue weighted by Crippen LogP contribution is -2.47. The molecule has 0 aliphatic carbocycles. The number of fused-ring (bicyclic) bond motifs is 1. The number of benzene rings is 2. The third-order valence-electron chi connectivity index (χ3n) is 7.66. The smallest absolute Gasteiger partial charge is 0.410 e. The summed E-state index contributed by atoms with van der Waals surface area (Å²) in [6.07, 6.45) is 2.52. The minimum atomic E-state index is -0.531. The molecule has 9 heteroatoms. The second kappa shape index (κ2) is 10.7. The van der Waals surface area contributed by atoms with Crippen molar-refractivity contribution < 1.29 is 19.1 Å². The number of aromatic nitrogens is 2. The van der Waals surface area contributed by atoms with Crippen molar-refractivity contribution in [3.8, 4) is 11.3 Å². The molecule has 2 aliphatic heterocycles. The highest BCUT2D eigenvalue weighted by Crippen LogP contribution is 2.36. The average Bonchev–Trinajstić information content (AvgIpc) is 3.32. The maximum atomic E-state index is 13.4. The van der Waals surface area contributed by atoms with E-state index in [0.717, 1.165) is 29.5 Å². The minimum absolute atomic E-state index is 0.0782. The van der Waals surface area contributed by atoms with Crippen molar-refractivity contribution in [1.82, 2.24) is 19.6 Å². The van der Waals surface area contributed by atoms with Gasteiger partial charge in [0, 0.05) is 43.0 Å². The maximum Gasteiger partial charge on any atom is 0.410 e. The van der Waals surface area contributed by atoms with Gasteiger partial charge in [-0.3, -0.25) is 14.3 Å². The number of carbonyl (C=O) groups is 3. The lowest BCUT2D eigenvalue weighted by Gasteiger charge is -2.37. The number of hydrogen-bond donors (Lipinski definition) is 1. The molecule has 2 aromatic carbocycles. The molecular formula is C30H37N5O4. The summed E-state index contributed by atoms with van der Waals surface area (Å²) < 4.78 is 7.52. The summed E-state index contributed by atoms with van der Waals surface area (Å²) >= 11 is 0. The normalized spacial score (nSPS) is 17.4. The van der Waals surface area contributed by atoms with E-state index < -0.39 is 11.5 Å². The van der Waals surface area contributed by atoms with Gasteiger partial charge >= 0.3 is 6.09 Å². The number of hydrogen-bond acceptors (Lipinski definition) is 5. The molecule has 3 heterocycles. The number of ether oxygens (including phenoxy) is 1. The van der Waals surface area contributed by atoms with Gasteiger partial charge < -0.3 is 20.3 Å². The summed E-state index contributed by atoms with van der Waals surface area (Å²) in [6, 6.07) is 15.7. The van der Waals surface area contributed by atoms with Crippen molar-refractivity contribution in [1.29, 1.82) is 0 Å². The number of nitrogens with two attached hydrogens (primary N) is 1. The molecule has 2 N–H and O–H groups in total. The second-order valence-electron chi connectivity index (χ2n) is 11.5. The van der Waals surface area contributed by atoms with E-state index in [1.54, 1.807) is 11.0 Å². The van der Waals surface area contributed by atoms with Crippen molar-refractivity contribution in [2.75, 3.05) is 26.2 Å². The molecule has 0 saturated carbocycles. The van der Waals surface area contributed by atoms with Crippen LogP contribution < -0.4 is 5.73 Å². The fraction of sp³-hybridized carbons (Fsp3) is 0.467. The molecule has 5 rings (SSSR count). The first-order valence-electron chi connectivity index (χ1n) is 13.8. The molecular weight excluding hydrogens is 494 g/mol. The Hall–Kier alpha value is -3.88. The number of rotatable bonds is 4. The van der Waals surface area contributed by atoms with Crippen molar-refractivity contribution in [3.63, 3.8) is 0 Å². The van der Waals surface area contributed by atoms with E-state index in [1.807, 2.05) is 72.8 Å². The minimum Gasteiger partial charge on any atom is -0.444 e. The lowest BCUT2D eigenvalue weighted by molar-refractivity contribution is -0.138. The van der Waals surface area contributed by atoms with Crippen molar-refractivity contribution in [2.24, 2.45) is 11.7 Å². The third kappa shape index (κ3) is 5.62. The Morgan fingerprint density at radius 3 is 2.13 bits per heavy atom. The molecule has 3 aromatic rings. The van der Waals surface area contributed by atoms with Crippen molar-refractivity contribution in [3.05, 3.63) is 54.1 Å². The predicted octanol–water partition coefficient (Wildman–Crippen LogP) is 4.61. The van der Waals surface area contributed by atoms with Crippen LogP contribution in [0.5, 0.6) is 0 Å². The topological polar surface area (TPSA) is 111 Å². The highest BCUT2D eigenvalue weighted by molar-refractivity contribution is 6.08. The first kappa shape index (κ1) is 26.7. The summed E-state index contributed by atoms with van der Waals surface area (Å²) in [5.41, 5.74) is 8.15. The van der Waals surface area contributed by atoms with Crippen molar-refractivity contribution in [2.45, 2.75) is 58.1 Å². The number of primary amides is 1. The van der Waals surface area contributed by atoms with Gasteiger partial charge in [0.05, 0.1) is 17.3 Å². The summed E-state index contributed by atoms with van der Waals surface area (Å²) in [5, 5.41) is 5.80. The standard InChI is InChI=1S/C30H37N5O4/c1-30(2,3)39-29(38)34-16-12-21(13-17-34)28(37)33-18-14-22(15-19-33)35-26(20-8-5-4-6-9-20)23-10-7-11-24(27(31)36)25(23)32-35/h4-11,21-22H,12-19H2,1-3H3,(H2,31,36). The Labute approximate surface area is 228 Å². The molecule has 0 unspecified atom stereocenters. The Kier molecular flexibility index (Phi) is 7.34. The Balaban J connectivity index is 1.28. The Morgan fingerprint density at radius 1 is 0.872 bits per heavy atom. The third-order valence-corrected chi connectivity index (χ3v) is 7.66. The van der Waals surface area contributed by atoms with Crippen LogP contribution in [0, 0.1) is 5.92 Å². The largest absolute Gasteiger partial charge is 0.444 e. The number of likely N-dealkylation sites (tertiary alicyclic amines) is 2. The van der Waals surface area contributed by atoms with Gasteiger partial charge in [0.15, 0.2) is 0 Å². The number of nitrogens with zero attached hydrogens (tertiary/aromatic N) is 4. The van der Waals surface area contributed by atoms with E-state index in [-0.39, 0.29) is 24.0 Å². The monoisotopic (exact) mass is 531 g/mol. The number of amides is 3. The van der Waals surface area contributed by atoms with Gasteiger partial charge in [0.25, 0.3) is 5.91 Å². The fourth-order valence-electron chi connectivity index (χ4n) is 5.69. The van der Waals surface area contributed by atoms with Gasteiger partial charge in [-0.2, -0.15) is 5.10 Å². The van der Waals surface area contributed by atoms with E-state index in [0.29, 0.717) is 50.1 Å². The van der Waals surface area contributed by atoms with E-state index in [9.17, 15) is 14.4 Å². The van der Waals surface area contributed by atoms with Gasteiger partial charge in [-0.05, 0) is 52.5 Å². The second-order valence-corrected chi connectivity index (χ2v) is 11.5. The van der Waals surface area contributed by atoms with E-state index in [2.05, 4.69) is 0 Å². The van der Waals surface area contributed by atoms with Crippen LogP contribution in [0.15, 0.2) is 48.5 Å². The molecule has 206 valence electrons. The molecule has 0 radical (unpaired) electrons. The quantitative estimate of drug-likeness (QED) is 0.529. The van der Waals surface area contributed by atoms with E-state index in [1.165, 1.54) is 0 Å². The summed E-state index contributed by atoms with van der Waals surface area (Å²) in [5.74, 6) is -0.407. The number of carbonyl (C=O) groups excluding carboxylic acids is 3. The van der Waals surface area contributed by atoms with Crippen LogP contribution in [-0.2, 0) is 9.53 Å². The molecule has 3 amide bonds. The van der Waals surface area contributed by atoms with Crippen LogP contribution in [0.4, 0.5) is 4.79 Å². The van der Waals surface area contributed by atoms with Crippen LogP contribution in [-0.4, -0.2) is 69.3 Å². The van der Waals surface area contributed by atoms with Crippen LogP contribution in [0.25, 0.3) is 22.2 Å². The molecule has 2 fully saturated rings. The van der Waals surface area contributed by atoms with Crippen LogP contribution in [0.2, 0.25) is 0 Å². The van der Waals surface area contributed by atoms with Crippen molar-refractivity contribution >= 4 is 28.8 Å². The van der Waals surface area contributed by atoms with Gasteiger partial charge in [-0.1, -0.05) is 42.5 Å². The van der Waals surface area contributed by atoms with Gasteiger partial charge in [-0.15, -0.1) is 0 Å². The first-order valence-corrected chi connectivity index (χ1v) is 13.8. The fourth-order valence-corrected chi connectivity index (χ4v) is 5.69. The lowest BCUT2D eigenvalue weighted by atomic mass is 9.94. The van der Waals surface area contributed by atoms with Gasteiger partial charge in [0.2, 0.25) is 5.91 Å².